The van der Waals surface area contributed by atoms with E-state index in [-0.39, 0.29) is 24.2 Å². The fraction of sp³-hybridized carbons (Fsp3) is 0.211. The van der Waals surface area contributed by atoms with E-state index in [1.165, 1.54) is 41.0 Å². The van der Waals surface area contributed by atoms with Crippen molar-refractivity contribution in [3.8, 4) is 5.75 Å². The Kier molecular flexibility index (Phi) is 5.44. The summed E-state index contributed by atoms with van der Waals surface area (Å²) in [6.45, 7) is 1.79. The highest BCUT2D eigenvalue weighted by Gasteiger charge is 2.32. The van der Waals surface area contributed by atoms with Gasteiger partial charge in [-0.1, -0.05) is 18.2 Å². The third-order valence-corrected chi connectivity index (χ3v) is 4.19. The van der Waals surface area contributed by atoms with Gasteiger partial charge in [0.1, 0.15) is 5.75 Å². The third kappa shape index (κ3) is 4.48. The van der Waals surface area contributed by atoms with Gasteiger partial charge in [-0.2, -0.15) is 0 Å². The first-order valence-corrected chi connectivity index (χ1v) is 8.58. The Balaban J connectivity index is 1.84. The first kappa shape index (κ1) is 20.2. The molecule has 0 radical (unpaired) electrons. The number of rotatable bonds is 5. The first-order valence-electron chi connectivity index (χ1n) is 8.58. The summed E-state index contributed by atoms with van der Waals surface area (Å²) in [6.07, 6.45) is -4.85. The van der Waals surface area contributed by atoms with Crippen LogP contribution in [0.5, 0.6) is 5.75 Å². The van der Waals surface area contributed by atoms with Gasteiger partial charge >= 0.3 is 17.5 Å². The molecule has 10 heteroatoms. The standard InChI is InChI=1S/C19H16F3N3O4/c1-2-25-14-8-7-11(9-13(14)24-17(27)18(25)28)16(26)23-10-12-5-3-4-6-15(12)29-19(20,21)22/h3-9H,2,10H2,1H3,(H,23,26)(H,24,27). The zero-order valence-electron chi connectivity index (χ0n) is 15.2. The Labute approximate surface area is 161 Å². The van der Waals surface area contributed by atoms with E-state index >= 15 is 0 Å². The fourth-order valence-corrected chi connectivity index (χ4v) is 2.89. The normalized spacial score (nSPS) is 11.4. The number of aryl methyl sites for hydroxylation is 1. The molecule has 2 aromatic carbocycles. The minimum absolute atomic E-state index is 0.146. The Hall–Kier alpha value is -3.56. The fourth-order valence-electron chi connectivity index (χ4n) is 2.89. The van der Waals surface area contributed by atoms with Gasteiger partial charge < -0.3 is 19.6 Å². The zero-order chi connectivity index (χ0) is 21.2. The topological polar surface area (TPSA) is 93.2 Å². The molecule has 0 saturated heterocycles. The van der Waals surface area contributed by atoms with Crippen molar-refractivity contribution in [3.63, 3.8) is 0 Å². The molecule has 3 rings (SSSR count). The van der Waals surface area contributed by atoms with Gasteiger partial charge in [-0.05, 0) is 31.2 Å². The molecular weight excluding hydrogens is 391 g/mol. The largest absolute Gasteiger partial charge is 0.573 e. The van der Waals surface area contributed by atoms with Crippen LogP contribution in [0, 0.1) is 0 Å². The average Bonchev–Trinajstić information content (AvgIpc) is 2.66. The number of nitrogens with zero attached hydrogens (tertiary/aromatic N) is 1. The molecule has 0 aliphatic heterocycles. The predicted molar refractivity (Wildman–Crippen MR) is 98.8 cm³/mol. The van der Waals surface area contributed by atoms with Crippen molar-refractivity contribution in [2.45, 2.75) is 26.4 Å². The van der Waals surface area contributed by atoms with Crippen LogP contribution in [0.2, 0.25) is 0 Å². The summed E-state index contributed by atoms with van der Waals surface area (Å²) in [5, 5.41) is 2.51. The number of amides is 1. The van der Waals surface area contributed by atoms with Crippen molar-refractivity contribution in [2.24, 2.45) is 0 Å². The van der Waals surface area contributed by atoms with Crippen LogP contribution in [0.25, 0.3) is 11.0 Å². The van der Waals surface area contributed by atoms with E-state index in [4.69, 9.17) is 0 Å². The van der Waals surface area contributed by atoms with Crippen molar-refractivity contribution in [2.75, 3.05) is 0 Å². The van der Waals surface area contributed by atoms with Crippen LogP contribution in [0.1, 0.15) is 22.8 Å². The first-order chi connectivity index (χ1) is 13.7. The van der Waals surface area contributed by atoms with Gasteiger partial charge in [-0.15, -0.1) is 13.2 Å². The number of hydrogen-bond donors (Lipinski definition) is 2. The molecule has 152 valence electrons. The van der Waals surface area contributed by atoms with E-state index in [0.717, 1.165) is 6.07 Å². The lowest BCUT2D eigenvalue weighted by molar-refractivity contribution is -0.274. The maximum Gasteiger partial charge on any atom is 0.573 e. The van der Waals surface area contributed by atoms with Crippen LogP contribution >= 0.6 is 0 Å². The molecule has 1 amide bonds. The number of nitrogens with one attached hydrogen (secondary N) is 2. The molecule has 2 N–H and O–H groups in total. The molecule has 7 nitrogen and oxygen atoms in total. The van der Waals surface area contributed by atoms with Gasteiger partial charge in [0, 0.05) is 24.2 Å². The number of benzene rings is 2. The summed E-state index contributed by atoms with van der Waals surface area (Å²) in [5.41, 5.74) is -0.438. The number of H-pyrrole nitrogens is 1. The number of para-hydroxylation sites is 1. The van der Waals surface area contributed by atoms with Gasteiger partial charge in [0.05, 0.1) is 11.0 Å². The number of fused-ring (bicyclic) bond motifs is 1. The lowest BCUT2D eigenvalue weighted by atomic mass is 10.1. The molecule has 0 spiro atoms. The summed E-state index contributed by atoms with van der Waals surface area (Å²) in [5.74, 6) is -0.973. The van der Waals surface area contributed by atoms with Crippen molar-refractivity contribution < 1.29 is 22.7 Å². The molecular formula is C19H16F3N3O4. The second kappa shape index (κ2) is 7.82. The SMILES string of the molecule is CCn1c(=O)c(=O)[nH]c2cc(C(=O)NCc3ccccc3OC(F)(F)F)ccc21. The number of hydrogen-bond acceptors (Lipinski definition) is 4. The van der Waals surface area contributed by atoms with Gasteiger partial charge in [-0.25, -0.2) is 0 Å². The van der Waals surface area contributed by atoms with Gasteiger partial charge in [0.2, 0.25) is 0 Å². The molecule has 0 aliphatic carbocycles. The highest BCUT2D eigenvalue weighted by atomic mass is 19.4. The van der Waals surface area contributed by atoms with Crippen LogP contribution in [-0.2, 0) is 13.1 Å². The monoisotopic (exact) mass is 407 g/mol. The quantitative estimate of drug-likeness (QED) is 0.636. The van der Waals surface area contributed by atoms with Gasteiger partial charge in [-0.3, -0.25) is 14.4 Å². The van der Waals surface area contributed by atoms with E-state index in [1.54, 1.807) is 6.92 Å². The third-order valence-electron chi connectivity index (χ3n) is 4.19. The smallest absolute Gasteiger partial charge is 0.405 e. The minimum Gasteiger partial charge on any atom is -0.405 e. The summed E-state index contributed by atoms with van der Waals surface area (Å²) in [4.78, 5) is 38.5. The van der Waals surface area contributed by atoms with Crippen LogP contribution < -0.4 is 21.2 Å². The molecule has 0 bridgehead atoms. The Bertz CT molecular complexity index is 1180. The minimum atomic E-state index is -4.85. The van der Waals surface area contributed by atoms with E-state index in [0.29, 0.717) is 11.0 Å². The molecule has 3 aromatic rings. The lowest BCUT2D eigenvalue weighted by Gasteiger charge is -2.14. The molecule has 0 atom stereocenters. The van der Waals surface area contributed by atoms with E-state index < -0.39 is 29.1 Å². The van der Waals surface area contributed by atoms with Crippen LogP contribution in [0.3, 0.4) is 0 Å². The maximum absolute atomic E-state index is 12.5. The number of carbonyl (C=O) groups excluding carboxylic acids is 1. The number of alkyl halides is 3. The molecule has 0 unspecified atom stereocenters. The van der Waals surface area contributed by atoms with Crippen LogP contribution in [0.4, 0.5) is 13.2 Å². The number of halogens is 3. The van der Waals surface area contributed by atoms with Gasteiger partial charge in [0.15, 0.2) is 0 Å². The van der Waals surface area contributed by atoms with Crippen molar-refractivity contribution >= 4 is 16.9 Å². The molecule has 29 heavy (non-hydrogen) atoms. The Morgan fingerprint density at radius 2 is 1.90 bits per heavy atom. The Morgan fingerprint density at radius 3 is 2.59 bits per heavy atom. The van der Waals surface area contributed by atoms with Crippen LogP contribution in [0.15, 0.2) is 52.1 Å². The van der Waals surface area contributed by atoms with E-state index in [2.05, 4.69) is 15.0 Å². The number of aromatic nitrogens is 2. The second-order valence-corrected chi connectivity index (χ2v) is 6.07. The van der Waals surface area contributed by atoms with Crippen LogP contribution in [-0.4, -0.2) is 21.8 Å². The maximum atomic E-state index is 12.5. The summed E-state index contributed by atoms with van der Waals surface area (Å²) in [6, 6.07) is 9.84. The highest BCUT2D eigenvalue weighted by molar-refractivity contribution is 5.97. The number of carbonyl (C=O) groups is 1. The van der Waals surface area contributed by atoms with Gasteiger partial charge in [0.25, 0.3) is 5.91 Å². The average molecular weight is 407 g/mol. The van der Waals surface area contributed by atoms with E-state index in [1.807, 2.05) is 0 Å². The molecule has 0 aliphatic rings. The summed E-state index contributed by atoms with van der Waals surface area (Å²) in [7, 11) is 0. The summed E-state index contributed by atoms with van der Waals surface area (Å²) < 4.78 is 42.7. The van der Waals surface area contributed by atoms with Crippen molar-refractivity contribution in [3.05, 3.63) is 74.3 Å². The highest BCUT2D eigenvalue weighted by Crippen LogP contribution is 2.26. The zero-order valence-corrected chi connectivity index (χ0v) is 15.2. The molecule has 1 aromatic heterocycles. The lowest BCUT2D eigenvalue weighted by Crippen LogP contribution is -2.36. The predicted octanol–water partition coefficient (Wildman–Crippen LogP) is 2.54. The second-order valence-electron chi connectivity index (χ2n) is 6.07. The molecule has 0 saturated carbocycles. The number of aromatic amines is 1. The number of ether oxygens (including phenoxy) is 1. The van der Waals surface area contributed by atoms with E-state index in [9.17, 15) is 27.6 Å². The molecule has 1 heterocycles. The summed E-state index contributed by atoms with van der Waals surface area (Å²) >= 11 is 0. The molecule has 0 fully saturated rings. The Morgan fingerprint density at radius 1 is 1.17 bits per heavy atom. The van der Waals surface area contributed by atoms with Crippen molar-refractivity contribution in [1.29, 1.82) is 0 Å². The van der Waals surface area contributed by atoms with Crippen molar-refractivity contribution in [1.82, 2.24) is 14.9 Å².